The molecule has 0 spiro atoms. The van der Waals surface area contributed by atoms with E-state index in [2.05, 4.69) is 16.9 Å². The molecule has 23 heavy (non-hydrogen) atoms. The average molecular weight is 370 g/mol. The van der Waals surface area contributed by atoms with Gasteiger partial charge in [0.25, 0.3) is 0 Å². The van der Waals surface area contributed by atoms with Crippen molar-refractivity contribution < 1.29 is 8.42 Å². The molecule has 0 aromatic heterocycles. The molecule has 1 unspecified atom stereocenters. The Hall–Kier alpha value is -1.01. The summed E-state index contributed by atoms with van der Waals surface area (Å²) in [6, 6.07) is 18.0. The fraction of sp³-hybridized carbons (Fsp3) is 0.294. The lowest BCUT2D eigenvalue weighted by Crippen LogP contribution is -2.22. The number of nitrogens with one attached hydrogen (secondary N) is 1. The Bertz CT molecular complexity index is 703. The topological polar surface area (TPSA) is 46.2 Å². The maximum absolute atomic E-state index is 11.5. The summed E-state index contributed by atoms with van der Waals surface area (Å²) < 4.78 is 25.3. The van der Waals surface area contributed by atoms with Crippen molar-refractivity contribution in [1.29, 1.82) is 0 Å². The molecular weight excluding hydrogens is 350 g/mol. The first-order valence-electron chi connectivity index (χ1n) is 7.35. The number of halogens is 1. The van der Waals surface area contributed by atoms with E-state index in [1.807, 2.05) is 42.5 Å². The normalized spacial score (nSPS) is 13.0. The van der Waals surface area contributed by atoms with Gasteiger partial charge in [-0.25, -0.2) is 13.1 Å². The number of hydrogen-bond acceptors (Lipinski definition) is 3. The Morgan fingerprint density at radius 3 is 2.26 bits per heavy atom. The zero-order valence-electron chi connectivity index (χ0n) is 12.9. The number of thioether (sulfide) groups is 1. The molecule has 6 heteroatoms. The van der Waals surface area contributed by atoms with Crippen LogP contribution >= 0.6 is 23.4 Å². The first-order chi connectivity index (χ1) is 11.0. The molecule has 0 fully saturated rings. The molecule has 0 heterocycles. The highest BCUT2D eigenvalue weighted by Crippen LogP contribution is 2.36. The Morgan fingerprint density at radius 1 is 1.04 bits per heavy atom. The van der Waals surface area contributed by atoms with Crippen LogP contribution in [0, 0.1) is 0 Å². The van der Waals surface area contributed by atoms with Crippen LogP contribution in [0.5, 0.6) is 0 Å². The van der Waals surface area contributed by atoms with E-state index < -0.39 is 10.0 Å². The van der Waals surface area contributed by atoms with Crippen LogP contribution in [0.25, 0.3) is 0 Å². The van der Waals surface area contributed by atoms with Crippen molar-refractivity contribution >= 4 is 33.4 Å². The van der Waals surface area contributed by atoms with Crippen molar-refractivity contribution in [2.24, 2.45) is 0 Å². The zero-order chi connectivity index (χ0) is 16.7. The smallest absolute Gasteiger partial charge is 0.211 e. The van der Waals surface area contributed by atoms with Crippen LogP contribution in [0.4, 0.5) is 0 Å². The molecule has 3 nitrogen and oxygen atoms in total. The zero-order valence-corrected chi connectivity index (χ0v) is 15.3. The Balaban J connectivity index is 2.07. The highest BCUT2D eigenvalue weighted by molar-refractivity contribution is 7.99. The standard InChI is InChI=1S/C17H20ClNO2S2/c1-19-23(20,21)13-5-12-22-17(14-6-3-2-4-7-14)15-8-10-16(18)11-9-15/h2-4,6-11,17,19H,5,12-13H2,1H3. The van der Waals surface area contributed by atoms with Gasteiger partial charge in [-0.1, -0.05) is 54.1 Å². The Kier molecular flexibility index (Phi) is 6.96. The first kappa shape index (κ1) is 18.3. The van der Waals surface area contributed by atoms with Gasteiger partial charge in [-0.05, 0) is 42.5 Å². The van der Waals surface area contributed by atoms with E-state index in [1.54, 1.807) is 11.8 Å². The molecule has 0 aliphatic heterocycles. The minimum Gasteiger partial charge on any atom is -0.218 e. The fourth-order valence-corrected chi connectivity index (χ4v) is 4.49. The lowest BCUT2D eigenvalue weighted by atomic mass is 10.0. The van der Waals surface area contributed by atoms with Crippen molar-refractivity contribution in [1.82, 2.24) is 4.72 Å². The maximum Gasteiger partial charge on any atom is 0.211 e. The highest BCUT2D eigenvalue weighted by Gasteiger charge is 2.15. The number of sulfonamides is 1. The van der Waals surface area contributed by atoms with E-state index in [0.717, 1.165) is 5.75 Å². The minimum absolute atomic E-state index is 0.151. The second kappa shape index (κ2) is 8.73. The third-order valence-corrected chi connectivity index (χ3v) is 6.53. The molecule has 2 rings (SSSR count). The predicted molar refractivity (Wildman–Crippen MR) is 99.7 cm³/mol. The highest BCUT2D eigenvalue weighted by atomic mass is 35.5. The van der Waals surface area contributed by atoms with Crippen LogP contribution in [0.2, 0.25) is 5.02 Å². The van der Waals surface area contributed by atoms with Gasteiger partial charge in [0.05, 0.1) is 11.0 Å². The number of hydrogen-bond donors (Lipinski definition) is 1. The Labute approximate surface area is 147 Å². The van der Waals surface area contributed by atoms with E-state index in [9.17, 15) is 8.42 Å². The second-order valence-corrected chi connectivity index (χ2v) is 8.79. The average Bonchev–Trinajstić information content (AvgIpc) is 2.57. The van der Waals surface area contributed by atoms with Gasteiger partial charge in [0.2, 0.25) is 10.0 Å². The van der Waals surface area contributed by atoms with Crippen LogP contribution in [0.1, 0.15) is 22.8 Å². The largest absolute Gasteiger partial charge is 0.218 e. The summed E-state index contributed by atoms with van der Waals surface area (Å²) >= 11 is 7.72. The lowest BCUT2D eigenvalue weighted by molar-refractivity contribution is 0.587. The van der Waals surface area contributed by atoms with Crippen LogP contribution in [0.3, 0.4) is 0 Å². The van der Waals surface area contributed by atoms with E-state index in [4.69, 9.17) is 11.6 Å². The molecule has 0 bridgehead atoms. The van der Waals surface area contributed by atoms with Gasteiger partial charge in [0.15, 0.2) is 0 Å². The summed E-state index contributed by atoms with van der Waals surface area (Å²) in [5, 5.41) is 0.886. The third kappa shape index (κ3) is 5.84. The molecular formula is C17H20ClNO2S2. The summed E-state index contributed by atoms with van der Waals surface area (Å²) in [7, 11) is -1.69. The number of benzene rings is 2. The summed E-state index contributed by atoms with van der Waals surface area (Å²) in [4.78, 5) is 0. The van der Waals surface area contributed by atoms with Crippen LogP contribution in [-0.4, -0.2) is 27.0 Å². The van der Waals surface area contributed by atoms with Gasteiger partial charge < -0.3 is 0 Å². The van der Waals surface area contributed by atoms with Gasteiger partial charge >= 0.3 is 0 Å². The summed E-state index contributed by atoms with van der Waals surface area (Å²) in [6.07, 6.45) is 0.616. The monoisotopic (exact) mass is 369 g/mol. The van der Waals surface area contributed by atoms with E-state index in [-0.39, 0.29) is 11.0 Å². The van der Waals surface area contributed by atoms with Crippen LogP contribution in [0.15, 0.2) is 54.6 Å². The predicted octanol–water partition coefficient (Wildman–Crippen LogP) is 4.10. The van der Waals surface area contributed by atoms with Crippen molar-refractivity contribution in [3.63, 3.8) is 0 Å². The molecule has 0 radical (unpaired) electrons. The van der Waals surface area contributed by atoms with Gasteiger partial charge in [-0.3, -0.25) is 0 Å². The molecule has 2 aromatic rings. The first-order valence-corrected chi connectivity index (χ1v) is 10.4. The molecule has 124 valence electrons. The second-order valence-electron chi connectivity index (χ2n) is 5.09. The fourth-order valence-electron chi connectivity index (χ4n) is 2.20. The molecule has 2 aromatic carbocycles. The van der Waals surface area contributed by atoms with Gasteiger partial charge in [-0.2, -0.15) is 0 Å². The minimum atomic E-state index is -3.13. The quantitative estimate of drug-likeness (QED) is 0.712. The molecule has 1 N–H and O–H groups in total. The maximum atomic E-state index is 11.5. The van der Waals surface area contributed by atoms with Crippen molar-refractivity contribution in [2.45, 2.75) is 11.7 Å². The van der Waals surface area contributed by atoms with Gasteiger partial charge in [0.1, 0.15) is 0 Å². The van der Waals surface area contributed by atoms with Gasteiger partial charge in [0, 0.05) is 5.02 Å². The molecule has 0 saturated carbocycles. The third-order valence-electron chi connectivity index (χ3n) is 3.43. The van der Waals surface area contributed by atoms with Crippen molar-refractivity contribution in [3.8, 4) is 0 Å². The molecule has 1 atom stereocenters. The summed E-state index contributed by atoms with van der Waals surface area (Å²) in [5.74, 6) is 0.918. The molecule has 0 aliphatic rings. The SMILES string of the molecule is CNS(=O)(=O)CCCSC(c1ccccc1)c1ccc(Cl)cc1. The van der Waals surface area contributed by atoms with E-state index in [0.29, 0.717) is 11.4 Å². The Morgan fingerprint density at radius 2 is 1.65 bits per heavy atom. The van der Waals surface area contributed by atoms with Crippen molar-refractivity contribution in [3.05, 3.63) is 70.7 Å². The molecule has 0 aliphatic carbocycles. The lowest BCUT2D eigenvalue weighted by Gasteiger charge is -2.18. The van der Waals surface area contributed by atoms with Crippen LogP contribution < -0.4 is 4.72 Å². The summed E-state index contributed by atoms with van der Waals surface area (Å²) in [5.41, 5.74) is 2.37. The summed E-state index contributed by atoms with van der Waals surface area (Å²) in [6.45, 7) is 0. The van der Waals surface area contributed by atoms with Gasteiger partial charge in [-0.15, -0.1) is 11.8 Å². The molecule has 0 amide bonds. The number of rotatable bonds is 8. The molecule has 0 saturated heterocycles. The van der Waals surface area contributed by atoms with E-state index >= 15 is 0 Å². The van der Waals surface area contributed by atoms with E-state index in [1.165, 1.54) is 18.2 Å². The van der Waals surface area contributed by atoms with Crippen LogP contribution in [-0.2, 0) is 10.0 Å². The van der Waals surface area contributed by atoms with Crippen molar-refractivity contribution in [2.75, 3.05) is 18.6 Å².